The van der Waals surface area contributed by atoms with Crippen LogP contribution in [-0.4, -0.2) is 17.0 Å². The molecule has 1 aliphatic carbocycles. The summed E-state index contributed by atoms with van der Waals surface area (Å²) in [5.41, 5.74) is 12.0. The number of primary amides is 1. The Balaban J connectivity index is 2.17. The Bertz CT molecular complexity index is 514. The maximum atomic E-state index is 11.2. The van der Waals surface area contributed by atoms with Gasteiger partial charge in [0.1, 0.15) is 11.8 Å². The maximum absolute atomic E-state index is 11.2. The standard InChI is InChI=1S/C15H23N3O2/c1-9-6-10(8-15(2,3)7-9)20-14-11(16)4-5-12(18-14)13(17)19/h4-5,9-10H,6-8,16H2,1-3H3,(H2,17,19). The number of carbonyl (C=O) groups is 1. The summed E-state index contributed by atoms with van der Waals surface area (Å²) in [6.45, 7) is 6.72. The van der Waals surface area contributed by atoms with Crippen molar-refractivity contribution in [2.24, 2.45) is 17.1 Å². The average Bonchev–Trinajstić information content (AvgIpc) is 2.28. The number of amides is 1. The molecule has 2 atom stereocenters. The minimum Gasteiger partial charge on any atom is -0.473 e. The molecule has 2 rings (SSSR count). The van der Waals surface area contributed by atoms with Crippen LogP contribution in [0, 0.1) is 11.3 Å². The van der Waals surface area contributed by atoms with Crippen molar-refractivity contribution in [2.75, 3.05) is 5.73 Å². The quantitative estimate of drug-likeness (QED) is 0.887. The van der Waals surface area contributed by atoms with Crippen molar-refractivity contribution in [3.63, 3.8) is 0 Å². The van der Waals surface area contributed by atoms with Gasteiger partial charge in [0.25, 0.3) is 5.91 Å². The van der Waals surface area contributed by atoms with E-state index in [2.05, 4.69) is 25.8 Å². The molecule has 0 saturated heterocycles. The highest BCUT2D eigenvalue weighted by molar-refractivity contribution is 5.91. The van der Waals surface area contributed by atoms with E-state index in [1.807, 2.05) is 0 Å². The van der Waals surface area contributed by atoms with Crippen LogP contribution >= 0.6 is 0 Å². The molecule has 1 aromatic heterocycles. The predicted octanol–water partition coefficient (Wildman–Crippen LogP) is 2.36. The van der Waals surface area contributed by atoms with Gasteiger partial charge in [-0.15, -0.1) is 0 Å². The Hall–Kier alpha value is -1.78. The lowest BCUT2D eigenvalue weighted by molar-refractivity contribution is 0.0535. The number of carbonyl (C=O) groups excluding carboxylic acids is 1. The molecule has 0 aliphatic heterocycles. The molecule has 1 fully saturated rings. The number of ether oxygens (including phenoxy) is 1. The molecule has 0 aromatic carbocycles. The van der Waals surface area contributed by atoms with Crippen molar-refractivity contribution < 1.29 is 9.53 Å². The van der Waals surface area contributed by atoms with Crippen molar-refractivity contribution in [3.8, 4) is 5.88 Å². The first kappa shape index (κ1) is 14.6. The number of anilines is 1. The predicted molar refractivity (Wildman–Crippen MR) is 78.4 cm³/mol. The Kier molecular flexibility index (Phi) is 3.88. The number of aromatic nitrogens is 1. The van der Waals surface area contributed by atoms with E-state index in [-0.39, 0.29) is 17.2 Å². The molecule has 0 bridgehead atoms. The zero-order chi connectivity index (χ0) is 14.9. The van der Waals surface area contributed by atoms with E-state index in [9.17, 15) is 4.79 Å². The minimum absolute atomic E-state index is 0.0756. The van der Waals surface area contributed by atoms with Crippen LogP contribution < -0.4 is 16.2 Å². The number of pyridine rings is 1. The van der Waals surface area contributed by atoms with Gasteiger partial charge < -0.3 is 16.2 Å². The third-order valence-corrected chi connectivity index (χ3v) is 3.77. The van der Waals surface area contributed by atoms with Crippen LogP contribution in [0.5, 0.6) is 5.88 Å². The summed E-state index contributed by atoms with van der Waals surface area (Å²) in [5.74, 6) is 0.340. The van der Waals surface area contributed by atoms with Gasteiger partial charge in [-0.05, 0) is 42.7 Å². The maximum Gasteiger partial charge on any atom is 0.267 e. The Morgan fingerprint density at radius 2 is 2.10 bits per heavy atom. The molecule has 5 heteroatoms. The highest BCUT2D eigenvalue weighted by atomic mass is 16.5. The van der Waals surface area contributed by atoms with Crippen molar-refractivity contribution >= 4 is 11.6 Å². The van der Waals surface area contributed by atoms with Gasteiger partial charge in [-0.25, -0.2) is 4.98 Å². The van der Waals surface area contributed by atoms with Crippen molar-refractivity contribution in [2.45, 2.75) is 46.1 Å². The Morgan fingerprint density at radius 3 is 2.70 bits per heavy atom. The molecule has 1 heterocycles. The zero-order valence-electron chi connectivity index (χ0n) is 12.3. The van der Waals surface area contributed by atoms with Gasteiger partial charge in [-0.3, -0.25) is 4.79 Å². The highest BCUT2D eigenvalue weighted by Crippen LogP contribution is 2.40. The van der Waals surface area contributed by atoms with Crippen LogP contribution in [0.25, 0.3) is 0 Å². The van der Waals surface area contributed by atoms with Crippen LogP contribution in [0.2, 0.25) is 0 Å². The molecule has 20 heavy (non-hydrogen) atoms. The summed E-state index contributed by atoms with van der Waals surface area (Å²) in [7, 11) is 0. The third kappa shape index (κ3) is 3.40. The first-order valence-electron chi connectivity index (χ1n) is 7.00. The third-order valence-electron chi connectivity index (χ3n) is 3.77. The molecule has 2 unspecified atom stereocenters. The van der Waals surface area contributed by atoms with Crippen LogP contribution in [0.15, 0.2) is 12.1 Å². The summed E-state index contributed by atoms with van der Waals surface area (Å²) in [6.07, 6.45) is 3.20. The lowest BCUT2D eigenvalue weighted by Crippen LogP contribution is -2.34. The lowest BCUT2D eigenvalue weighted by Gasteiger charge is -2.38. The van der Waals surface area contributed by atoms with Gasteiger partial charge in [-0.1, -0.05) is 20.8 Å². The van der Waals surface area contributed by atoms with Crippen LogP contribution in [-0.2, 0) is 0 Å². The normalized spacial score (nSPS) is 25.1. The van der Waals surface area contributed by atoms with Crippen molar-refractivity contribution in [1.82, 2.24) is 4.98 Å². The van der Waals surface area contributed by atoms with Crippen molar-refractivity contribution in [1.29, 1.82) is 0 Å². The van der Waals surface area contributed by atoms with E-state index in [1.165, 1.54) is 12.5 Å². The molecule has 110 valence electrons. The number of rotatable bonds is 3. The number of nitrogens with two attached hydrogens (primary N) is 2. The molecule has 5 nitrogen and oxygen atoms in total. The first-order chi connectivity index (χ1) is 9.27. The summed E-state index contributed by atoms with van der Waals surface area (Å²) < 4.78 is 5.94. The van der Waals surface area contributed by atoms with E-state index in [0.29, 0.717) is 17.5 Å². The number of nitrogens with zero attached hydrogens (tertiary/aromatic N) is 1. The fourth-order valence-electron chi connectivity index (χ4n) is 3.19. The SMILES string of the molecule is CC1CC(Oc2nc(C(N)=O)ccc2N)CC(C)(C)C1. The van der Waals surface area contributed by atoms with E-state index in [1.54, 1.807) is 6.07 Å². The molecule has 1 saturated carbocycles. The molecule has 1 amide bonds. The lowest BCUT2D eigenvalue weighted by atomic mass is 9.71. The Labute approximate surface area is 119 Å². The molecular weight excluding hydrogens is 254 g/mol. The van der Waals surface area contributed by atoms with Gasteiger partial charge >= 0.3 is 0 Å². The minimum atomic E-state index is -0.577. The second-order valence-electron chi connectivity index (χ2n) is 6.61. The second-order valence-corrected chi connectivity index (χ2v) is 6.61. The van der Waals surface area contributed by atoms with Crippen LogP contribution in [0.3, 0.4) is 0 Å². The van der Waals surface area contributed by atoms with Gasteiger partial charge in [0.05, 0.1) is 5.69 Å². The second kappa shape index (κ2) is 5.31. The van der Waals surface area contributed by atoms with Gasteiger partial charge in [0.2, 0.25) is 5.88 Å². The molecular formula is C15H23N3O2. The summed E-state index contributed by atoms with van der Waals surface area (Å²) >= 11 is 0. The zero-order valence-corrected chi connectivity index (χ0v) is 12.3. The van der Waals surface area contributed by atoms with E-state index < -0.39 is 5.91 Å². The number of hydrogen-bond acceptors (Lipinski definition) is 4. The van der Waals surface area contributed by atoms with Gasteiger partial charge in [-0.2, -0.15) is 0 Å². The number of hydrogen-bond donors (Lipinski definition) is 2. The van der Waals surface area contributed by atoms with Crippen molar-refractivity contribution in [3.05, 3.63) is 17.8 Å². The average molecular weight is 277 g/mol. The van der Waals surface area contributed by atoms with E-state index >= 15 is 0 Å². The number of nitrogen functional groups attached to an aromatic ring is 1. The Morgan fingerprint density at radius 1 is 1.40 bits per heavy atom. The van der Waals surface area contributed by atoms with Gasteiger partial charge in [0.15, 0.2) is 0 Å². The van der Waals surface area contributed by atoms with Crippen LogP contribution in [0.1, 0.15) is 50.5 Å². The monoisotopic (exact) mass is 277 g/mol. The van der Waals surface area contributed by atoms with E-state index in [0.717, 1.165) is 12.8 Å². The molecule has 4 N–H and O–H groups in total. The fraction of sp³-hybridized carbons (Fsp3) is 0.600. The molecule has 0 radical (unpaired) electrons. The largest absolute Gasteiger partial charge is 0.473 e. The molecule has 1 aromatic rings. The van der Waals surface area contributed by atoms with Gasteiger partial charge in [0, 0.05) is 0 Å². The molecule has 1 aliphatic rings. The highest BCUT2D eigenvalue weighted by Gasteiger charge is 2.33. The summed E-state index contributed by atoms with van der Waals surface area (Å²) in [6, 6.07) is 3.12. The smallest absolute Gasteiger partial charge is 0.267 e. The fourth-order valence-corrected chi connectivity index (χ4v) is 3.19. The molecule has 0 spiro atoms. The topological polar surface area (TPSA) is 91.2 Å². The van der Waals surface area contributed by atoms with E-state index in [4.69, 9.17) is 16.2 Å². The summed E-state index contributed by atoms with van der Waals surface area (Å²) in [5, 5.41) is 0. The first-order valence-corrected chi connectivity index (χ1v) is 7.00. The summed E-state index contributed by atoms with van der Waals surface area (Å²) in [4.78, 5) is 15.3. The van der Waals surface area contributed by atoms with Crippen LogP contribution in [0.4, 0.5) is 5.69 Å².